The van der Waals surface area contributed by atoms with Crippen LogP contribution in [0.4, 0.5) is 37.8 Å². The van der Waals surface area contributed by atoms with Crippen molar-refractivity contribution in [2.75, 3.05) is 11.6 Å². The number of rotatable bonds is 2. The molecule has 3 aromatic heterocycles. The van der Waals surface area contributed by atoms with Crippen molar-refractivity contribution < 1.29 is 46.1 Å². The zero-order chi connectivity index (χ0) is 29.7. The fourth-order valence-corrected chi connectivity index (χ4v) is 3.59. The standard InChI is InChI=1S/C20H15N5S.2C2HF3O2/c1-26-13-6-4-12(5-7-13)19-24-17-14-8-10-21-11-16(14)23-20-15(18(17)25-19)3-2-9-22-20;2*3-2(4,5)1(6)7/h2-11H,1H3,(H,22,23)(H,24,25);2*(H,6,7). The van der Waals surface area contributed by atoms with E-state index in [1.54, 1.807) is 24.2 Å². The van der Waals surface area contributed by atoms with Gasteiger partial charge in [-0.1, -0.05) is 12.1 Å². The van der Waals surface area contributed by atoms with E-state index in [4.69, 9.17) is 24.8 Å². The van der Waals surface area contributed by atoms with Crippen molar-refractivity contribution in [2.24, 2.45) is 0 Å². The molecule has 0 amide bonds. The number of nitrogens with zero attached hydrogens (tertiary/aromatic N) is 3. The molecule has 0 saturated heterocycles. The molecule has 0 atom stereocenters. The monoisotopic (exact) mass is 585 g/mol. The lowest BCUT2D eigenvalue weighted by Crippen LogP contribution is -2.21. The number of hydrogen-bond donors (Lipinski definition) is 4. The molecule has 0 fully saturated rings. The molecule has 0 radical (unpaired) electrons. The number of alkyl halides is 6. The van der Waals surface area contributed by atoms with Crippen LogP contribution in [0.5, 0.6) is 0 Å². The number of thioether (sulfide) groups is 1. The summed E-state index contributed by atoms with van der Waals surface area (Å²) in [7, 11) is 0. The lowest BCUT2D eigenvalue weighted by Gasteiger charge is -2.07. The molecule has 0 aliphatic carbocycles. The van der Waals surface area contributed by atoms with Crippen LogP contribution in [0.3, 0.4) is 0 Å². The number of benzene rings is 1. The van der Waals surface area contributed by atoms with Crippen LogP contribution in [-0.4, -0.2) is 60.7 Å². The number of imidazole rings is 1. The summed E-state index contributed by atoms with van der Waals surface area (Å²) in [5.41, 5.74) is 5.86. The molecule has 1 aliphatic heterocycles. The van der Waals surface area contributed by atoms with E-state index in [2.05, 4.69) is 50.8 Å². The summed E-state index contributed by atoms with van der Waals surface area (Å²) >= 11 is 1.73. The predicted molar refractivity (Wildman–Crippen MR) is 133 cm³/mol. The van der Waals surface area contributed by atoms with Gasteiger partial charge in [0.2, 0.25) is 0 Å². The Morgan fingerprint density at radius 3 is 2.02 bits per heavy atom. The fourth-order valence-electron chi connectivity index (χ4n) is 3.18. The number of halogens is 6. The average Bonchev–Trinajstić information content (AvgIpc) is 3.29. The Balaban J connectivity index is 0.000000263. The van der Waals surface area contributed by atoms with Crippen LogP contribution >= 0.6 is 11.8 Å². The lowest BCUT2D eigenvalue weighted by molar-refractivity contribution is -0.193. The third kappa shape index (κ3) is 7.28. The summed E-state index contributed by atoms with van der Waals surface area (Å²) in [5.74, 6) is -3.88. The number of H-pyrrole nitrogens is 1. The van der Waals surface area contributed by atoms with Gasteiger partial charge in [0.25, 0.3) is 0 Å². The second-order valence-electron chi connectivity index (χ2n) is 7.59. The van der Waals surface area contributed by atoms with Crippen LogP contribution in [0.2, 0.25) is 0 Å². The molecule has 210 valence electrons. The van der Waals surface area contributed by atoms with Crippen LogP contribution in [0.1, 0.15) is 0 Å². The predicted octanol–water partition coefficient (Wildman–Crippen LogP) is 6.25. The Morgan fingerprint density at radius 1 is 0.875 bits per heavy atom. The highest BCUT2D eigenvalue weighted by Gasteiger charge is 2.38. The van der Waals surface area contributed by atoms with Crippen LogP contribution in [-0.2, 0) is 9.59 Å². The van der Waals surface area contributed by atoms with Gasteiger partial charge in [0.15, 0.2) is 0 Å². The summed E-state index contributed by atoms with van der Waals surface area (Å²) in [4.78, 5) is 36.2. The van der Waals surface area contributed by atoms with E-state index in [0.29, 0.717) is 0 Å². The highest BCUT2D eigenvalue weighted by atomic mass is 32.2. The molecule has 40 heavy (non-hydrogen) atoms. The summed E-state index contributed by atoms with van der Waals surface area (Å²) in [6, 6.07) is 14.4. The summed E-state index contributed by atoms with van der Waals surface area (Å²) in [5, 5.41) is 17.6. The first-order valence-electron chi connectivity index (χ1n) is 10.7. The van der Waals surface area contributed by atoms with Crippen molar-refractivity contribution in [2.45, 2.75) is 17.2 Å². The minimum atomic E-state index is -5.08. The van der Waals surface area contributed by atoms with E-state index < -0.39 is 24.3 Å². The van der Waals surface area contributed by atoms with Gasteiger partial charge in [0.05, 0.1) is 17.6 Å². The van der Waals surface area contributed by atoms with Crippen LogP contribution in [0.15, 0.2) is 66.0 Å². The van der Waals surface area contributed by atoms with Gasteiger partial charge in [0.1, 0.15) is 17.3 Å². The average molecular weight is 585 g/mol. The highest BCUT2D eigenvalue weighted by molar-refractivity contribution is 7.98. The SMILES string of the molecule is CSc1ccc(-c2nc3c([nH]2)-c2ccncc2Nc2ncccc2-3)cc1.O=C(O)C(F)(F)F.O=C(O)C(F)(F)F. The maximum atomic E-state index is 10.6. The maximum absolute atomic E-state index is 10.6. The van der Waals surface area contributed by atoms with Gasteiger partial charge in [-0.3, -0.25) is 4.98 Å². The van der Waals surface area contributed by atoms with Gasteiger partial charge in [-0.05, 0) is 36.6 Å². The van der Waals surface area contributed by atoms with Crippen LogP contribution in [0, 0.1) is 0 Å². The second kappa shape index (κ2) is 12.1. The Hall–Kier alpha value is -4.60. The normalized spacial score (nSPS) is 11.6. The quantitative estimate of drug-likeness (QED) is 0.140. The van der Waals surface area contributed by atoms with Crippen molar-refractivity contribution >= 4 is 35.2 Å². The smallest absolute Gasteiger partial charge is 0.475 e. The number of fused-ring (bicyclic) bond motifs is 5. The summed E-state index contributed by atoms with van der Waals surface area (Å²) in [6.45, 7) is 0. The van der Waals surface area contributed by atoms with Crippen molar-refractivity contribution in [3.05, 3.63) is 61.1 Å². The zero-order valence-corrected chi connectivity index (χ0v) is 20.8. The van der Waals surface area contributed by atoms with E-state index in [9.17, 15) is 26.3 Å². The first-order valence-corrected chi connectivity index (χ1v) is 12.0. The summed E-state index contributed by atoms with van der Waals surface area (Å²) < 4.78 is 63.5. The van der Waals surface area contributed by atoms with Crippen molar-refractivity contribution in [3.63, 3.8) is 0 Å². The Labute approximate surface area is 225 Å². The number of aliphatic carboxylic acids is 2. The zero-order valence-electron chi connectivity index (χ0n) is 20.0. The van der Waals surface area contributed by atoms with Gasteiger partial charge in [-0.15, -0.1) is 11.8 Å². The largest absolute Gasteiger partial charge is 0.490 e. The van der Waals surface area contributed by atoms with Gasteiger partial charge >= 0.3 is 24.3 Å². The number of carboxylic acids is 2. The molecule has 0 bridgehead atoms. The van der Waals surface area contributed by atoms with Crippen molar-refractivity contribution in [3.8, 4) is 33.9 Å². The molecule has 0 unspecified atom stereocenters. The molecule has 9 nitrogen and oxygen atoms in total. The van der Waals surface area contributed by atoms with Gasteiger partial charge < -0.3 is 20.5 Å². The number of carbonyl (C=O) groups is 2. The number of carboxylic acid groups (broad SMARTS) is 2. The minimum absolute atomic E-state index is 0.788. The molecular weight excluding hydrogens is 568 g/mol. The summed E-state index contributed by atoms with van der Waals surface area (Å²) in [6.07, 6.45) is -2.70. The number of aromatic amines is 1. The first-order chi connectivity index (χ1) is 18.7. The van der Waals surface area contributed by atoms with Crippen LogP contribution in [0.25, 0.3) is 33.9 Å². The van der Waals surface area contributed by atoms with Gasteiger partial charge in [-0.25, -0.2) is 19.6 Å². The Kier molecular flexibility index (Phi) is 9.03. The number of anilines is 2. The second-order valence-corrected chi connectivity index (χ2v) is 8.47. The molecule has 16 heteroatoms. The Bertz CT molecular complexity index is 1420. The molecular formula is C24H17F6N5O4S. The van der Waals surface area contributed by atoms with E-state index >= 15 is 0 Å². The van der Waals surface area contributed by atoms with Gasteiger partial charge in [-0.2, -0.15) is 26.3 Å². The van der Waals surface area contributed by atoms with Gasteiger partial charge in [0, 0.05) is 34.0 Å². The molecule has 4 N–H and O–H groups in total. The molecule has 0 spiro atoms. The molecule has 4 heterocycles. The molecule has 5 rings (SSSR count). The van der Waals surface area contributed by atoms with Crippen molar-refractivity contribution in [1.82, 2.24) is 19.9 Å². The third-order valence-electron chi connectivity index (χ3n) is 4.96. The van der Waals surface area contributed by atoms with E-state index in [1.807, 2.05) is 24.4 Å². The van der Waals surface area contributed by atoms with E-state index in [0.717, 1.165) is 45.4 Å². The van der Waals surface area contributed by atoms with E-state index in [-0.39, 0.29) is 0 Å². The number of pyridine rings is 2. The fraction of sp³-hybridized carbons (Fsp3) is 0.125. The molecule has 0 saturated carbocycles. The minimum Gasteiger partial charge on any atom is -0.475 e. The Morgan fingerprint density at radius 2 is 1.48 bits per heavy atom. The topological polar surface area (TPSA) is 141 Å². The maximum Gasteiger partial charge on any atom is 0.490 e. The number of hydrogen-bond acceptors (Lipinski definition) is 7. The van der Waals surface area contributed by atoms with Crippen LogP contribution < -0.4 is 5.32 Å². The molecule has 1 aromatic carbocycles. The molecule has 4 aromatic rings. The van der Waals surface area contributed by atoms with E-state index in [1.165, 1.54) is 4.90 Å². The highest BCUT2D eigenvalue weighted by Crippen LogP contribution is 2.42. The molecule has 1 aliphatic rings. The lowest BCUT2D eigenvalue weighted by atomic mass is 10.1. The van der Waals surface area contributed by atoms with Crippen molar-refractivity contribution in [1.29, 1.82) is 0 Å². The first kappa shape index (κ1) is 29.9. The number of nitrogens with one attached hydrogen (secondary N) is 2. The third-order valence-corrected chi connectivity index (χ3v) is 5.70. The number of aromatic nitrogens is 4.